The van der Waals surface area contributed by atoms with Crippen molar-refractivity contribution in [2.75, 3.05) is 27.4 Å². The fourth-order valence-corrected chi connectivity index (χ4v) is 4.08. The molecule has 0 radical (unpaired) electrons. The zero-order chi connectivity index (χ0) is 22.5. The molecule has 168 valence electrons. The van der Waals surface area contributed by atoms with Crippen LogP contribution in [0.25, 0.3) is 22.6 Å². The van der Waals surface area contributed by atoms with E-state index in [2.05, 4.69) is 20.9 Å². The summed E-state index contributed by atoms with van der Waals surface area (Å²) in [4.78, 5) is 32.4. The minimum absolute atomic E-state index is 0.340. The predicted octanol–water partition coefficient (Wildman–Crippen LogP) is 3.17. The van der Waals surface area contributed by atoms with Crippen molar-refractivity contribution in [1.82, 2.24) is 19.1 Å². The number of aromatic nitrogens is 4. The molecule has 0 bridgehead atoms. The topological polar surface area (TPSA) is 100 Å². The van der Waals surface area contributed by atoms with Crippen LogP contribution in [0.15, 0.2) is 26.2 Å². The number of aromatic amines is 1. The molecule has 0 aliphatic rings. The molecule has 0 saturated carbocycles. The number of H-pyrrole nitrogens is 1. The second-order valence-electron chi connectivity index (χ2n) is 6.94. The highest BCUT2D eigenvalue weighted by Gasteiger charge is 2.21. The number of rotatable bonds is 10. The molecular weight excluding hydrogens is 468 g/mol. The molecule has 10 heteroatoms. The van der Waals surface area contributed by atoms with Gasteiger partial charge in [-0.05, 0) is 41.4 Å². The Balaban J connectivity index is 2.33. The minimum Gasteiger partial charge on any atom is -0.492 e. The van der Waals surface area contributed by atoms with E-state index in [4.69, 9.17) is 19.2 Å². The molecule has 3 rings (SSSR count). The van der Waals surface area contributed by atoms with Crippen molar-refractivity contribution in [3.63, 3.8) is 0 Å². The van der Waals surface area contributed by atoms with Gasteiger partial charge >= 0.3 is 5.69 Å². The third-order valence-electron chi connectivity index (χ3n) is 4.91. The van der Waals surface area contributed by atoms with Crippen LogP contribution in [0.4, 0.5) is 0 Å². The van der Waals surface area contributed by atoms with Crippen LogP contribution in [0.1, 0.15) is 26.7 Å². The van der Waals surface area contributed by atoms with E-state index < -0.39 is 11.2 Å². The van der Waals surface area contributed by atoms with Crippen LogP contribution in [-0.4, -0.2) is 46.5 Å². The molecule has 0 saturated heterocycles. The summed E-state index contributed by atoms with van der Waals surface area (Å²) in [5.41, 5.74) is 0.489. The maximum absolute atomic E-state index is 12.8. The fraction of sp³-hybridized carbons (Fsp3) is 0.476. The van der Waals surface area contributed by atoms with E-state index >= 15 is 0 Å². The van der Waals surface area contributed by atoms with Gasteiger partial charge in [-0.3, -0.25) is 14.3 Å². The number of ether oxygens (including phenoxy) is 3. The van der Waals surface area contributed by atoms with E-state index in [-0.39, 0.29) is 0 Å². The number of benzene rings is 1. The van der Waals surface area contributed by atoms with Gasteiger partial charge in [-0.15, -0.1) is 0 Å². The van der Waals surface area contributed by atoms with Crippen molar-refractivity contribution >= 4 is 27.1 Å². The molecular formula is C21H27BrN4O5. The summed E-state index contributed by atoms with van der Waals surface area (Å²) in [5, 5.41) is 0. The lowest BCUT2D eigenvalue weighted by atomic mass is 10.2. The first-order valence-electron chi connectivity index (χ1n) is 10.2. The molecule has 1 N–H and O–H groups in total. The highest BCUT2D eigenvalue weighted by atomic mass is 79.9. The number of nitrogens with one attached hydrogen (secondary N) is 1. The monoisotopic (exact) mass is 494 g/mol. The molecule has 31 heavy (non-hydrogen) atoms. The Bertz CT molecular complexity index is 1180. The lowest BCUT2D eigenvalue weighted by Gasteiger charge is -2.14. The Morgan fingerprint density at radius 3 is 2.55 bits per heavy atom. The van der Waals surface area contributed by atoms with Crippen LogP contribution in [0.3, 0.4) is 0 Å². The van der Waals surface area contributed by atoms with Gasteiger partial charge < -0.3 is 18.8 Å². The number of imidazole rings is 1. The Kier molecular flexibility index (Phi) is 7.55. The molecule has 0 aliphatic heterocycles. The van der Waals surface area contributed by atoms with Crippen molar-refractivity contribution in [2.24, 2.45) is 0 Å². The van der Waals surface area contributed by atoms with Crippen molar-refractivity contribution in [1.29, 1.82) is 0 Å². The third kappa shape index (κ3) is 4.54. The molecule has 0 fully saturated rings. The van der Waals surface area contributed by atoms with Crippen LogP contribution in [0.2, 0.25) is 0 Å². The Hall–Kier alpha value is -2.59. The van der Waals surface area contributed by atoms with E-state index in [0.717, 1.165) is 18.4 Å². The summed E-state index contributed by atoms with van der Waals surface area (Å²) >= 11 is 3.53. The fourth-order valence-electron chi connectivity index (χ4n) is 3.47. The SMILES string of the molecule is CCCCn1c(=O)[nH]c(=O)c2c1nc(-c1cc(Br)c(OC)c(OCC)c1)n2CCOC. The van der Waals surface area contributed by atoms with Crippen LogP contribution in [0.5, 0.6) is 11.5 Å². The van der Waals surface area contributed by atoms with Gasteiger partial charge in [0.1, 0.15) is 5.82 Å². The normalized spacial score (nSPS) is 11.3. The van der Waals surface area contributed by atoms with Crippen LogP contribution in [-0.2, 0) is 17.8 Å². The first kappa shape index (κ1) is 23.1. The molecule has 0 aliphatic carbocycles. The van der Waals surface area contributed by atoms with Gasteiger partial charge in [-0.1, -0.05) is 13.3 Å². The highest BCUT2D eigenvalue weighted by molar-refractivity contribution is 9.10. The molecule has 9 nitrogen and oxygen atoms in total. The number of methoxy groups -OCH3 is 2. The Labute approximate surface area is 188 Å². The summed E-state index contributed by atoms with van der Waals surface area (Å²) in [6, 6.07) is 3.68. The molecule has 2 heterocycles. The maximum atomic E-state index is 12.8. The quantitative estimate of drug-likeness (QED) is 0.464. The summed E-state index contributed by atoms with van der Waals surface area (Å²) in [7, 11) is 3.17. The average molecular weight is 495 g/mol. The first-order valence-corrected chi connectivity index (χ1v) is 11.0. The maximum Gasteiger partial charge on any atom is 0.330 e. The third-order valence-corrected chi connectivity index (χ3v) is 5.50. The number of nitrogens with zero attached hydrogens (tertiary/aromatic N) is 3. The Morgan fingerprint density at radius 2 is 1.90 bits per heavy atom. The minimum atomic E-state index is -0.472. The Morgan fingerprint density at radius 1 is 1.13 bits per heavy atom. The van der Waals surface area contributed by atoms with Crippen LogP contribution >= 0.6 is 15.9 Å². The molecule has 0 unspecified atom stereocenters. The van der Waals surface area contributed by atoms with Crippen LogP contribution in [0, 0.1) is 0 Å². The summed E-state index contributed by atoms with van der Waals surface area (Å²) < 4.78 is 20.4. The van der Waals surface area contributed by atoms with Crippen molar-refractivity contribution in [2.45, 2.75) is 39.8 Å². The molecule has 0 spiro atoms. The van der Waals surface area contributed by atoms with E-state index in [9.17, 15) is 9.59 Å². The zero-order valence-corrected chi connectivity index (χ0v) is 19.7. The van der Waals surface area contributed by atoms with Gasteiger partial charge in [-0.2, -0.15) is 0 Å². The van der Waals surface area contributed by atoms with Crippen molar-refractivity contribution in [3.8, 4) is 22.9 Å². The average Bonchev–Trinajstić information content (AvgIpc) is 3.12. The van der Waals surface area contributed by atoms with Gasteiger partial charge in [0.15, 0.2) is 22.7 Å². The largest absolute Gasteiger partial charge is 0.492 e. The lowest BCUT2D eigenvalue weighted by molar-refractivity contribution is 0.188. The summed E-state index contributed by atoms with van der Waals surface area (Å²) in [5.74, 6) is 1.66. The number of unbranched alkanes of at least 4 members (excludes halogenated alkanes) is 1. The number of halogens is 1. The number of aryl methyl sites for hydroxylation is 1. The molecule has 0 amide bonds. The zero-order valence-electron chi connectivity index (χ0n) is 18.2. The smallest absolute Gasteiger partial charge is 0.330 e. The lowest BCUT2D eigenvalue weighted by Crippen LogP contribution is -2.31. The van der Waals surface area contributed by atoms with Gasteiger partial charge in [0, 0.05) is 25.8 Å². The number of hydrogen-bond donors (Lipinski definition) is 1. The molecule has 0 atom stereocenters. The van der Waals surface area contributed by atoms with Crippen molar-refractivity contribution < 1.29 is 14.2 Å². The predicted molar refractivity (Wildman–Crippen MR) is 122 cm³/mol. The second-order valence-corrected chi connectivity index (χ2v) is 7.79. The van der Waals surface area contributed by atoms with Gasteiger partial charge in [-0.25, -0.2) is 9.78 Å². The number of hydrogen-bond acceptors (Lipinski definition) is 6. The second kappa shape index (κ2) is 10.1. The van der Waals surface area contributed by atoms with E-state index in [1.807, 2.05) is 26.0 Å². The van der Waals surface area contributed by atoms with Crippen molar-refractivity contribution in [3.05, 3.63) is 37.4 Å². The van der Waals surface area contributed by atoms with Gasteiger partial charge in [0.05, 0.1) is 24.8 Å². The van der Waals surface area contributed by atoms with E-state index in [1.54, 1.807) is 18.8 Å². The standard InChI is InChI=1S/C21H27BrN4O5/c1-5-7-8-26-19-16(20(27)24-21(26)28)25(9-10-29-3)18(23-19)13-11-14(22)17(30-4)15(12-13)31-6-2/h11-12H,5-10H2,1-4H3,(H,24,27,28). The van der Waals surface area contributed by atoms with E-state index in [0.29, 0.717) is 59.3 Å². The summed E-state index contributed by atoms with van der Waals surface area (Å²) in [6.45, 7) is 5.63. The van der Waals surface area contributed by atoms with E-state index in [1.165, 1.54) is 4.57 Å². The van der Waals surface area contributed by atoms with Gasteiger partial charge in [0.2, 0.25) is 0 Å². The molecule has 2 aromatic heterocycles. The van der Waals surface area contributed by atoms with Gasteiger partial charge in [0.25, 0.3) is 5.56 Å². The molecule has 1 aromatic carbocycles. The number of fused-ring (bicyclic) bond motifs is 1. The van der Waals surface area contributed by atoms with Crippen LogP contribution < -0.4 is 20.7 Å². The highest BCUT2D eigenvalue weighted by Crippen LogP contribution is 2.39. The molecule has 3 aromatic rings. The first-order chi connectivity index (χ1) is 15.0. The summed E-state index contributed by atoms with van der Waals surface area (Å²) in [6.07, 6.45) is 1.71.